The molecular formula is C19H31NO2. The van der Waals surface area contributed by atoms with E-state index in [0.717, 1.165) is 24.3 Å². The van der Waals surface area contributed by atoms with Gasteiger partial charge in [0.25, 0.3) is 5.91 Å². The molecule has 0 radical (unpaired) electrons. The SMILES string of the molecule is CCCC[C@@H](CC)CNC(=O)[C@H](CC)Oc1ccccc1C. The van der Waals surface area contributed by atoms with Crippen molar-refractivity contribution in [2.75, 3.05) is 6.54 Å². The van der Waals surface area contributed by atoms with E-state index in [-0.39, 0.29) is 5.91 Å². The highest BCUT2D eigenvalue weighted by Crippen LogP contribution is 2.19. The largest absolute Gasteiger partial charge is 0.480 e. The molecule has 0 spiro atoms. The Bertz CT molecular complexity index is 445. The highest BCUT2D eigenvalue weighted by atomic mass is 16.5. The summed E-state index contributed by atoms with van der Waals surface area (Å²) < 4.78 is 5.89. The van der Waals surface area contributed by atoms with Gasteiger partial charge in [-0.25, -0.2) is 0 Å². The zero-order chi connectivity index (χ0) is 16.4. The van der Waals surface area contributed by atoms with Gasteiger partial charge in [-0.3, -0.25) is 4.79 Å². The van der Waals surface area contributed by atoms with Crippen LogP contribution in [-0.4, -0.2) is 18.6 Å². The van der Waals surface area contributed by atoms with Gasteiger partial charge in [0.1, 0.15) is 5.75 Å². The van der Waals surface area contributed by atoms with Crippen molar-refractivity contribution in [1.82, 2.24) is 5.32 Å². The molecule has 0 heterocycles. The van der Waals surface area contributed by atoms with E-state index >= 15 is 0 Å². The van der Waals surface area contributed by atoms with E-state index in [2.05, 4.69) is 19.2 Å². The van der Waals surface area contributed by atoms with Crippen molar-refractivity contribution in [3.63, 3.8) is 0 Å². The van der Waals surface area contributed by atoms with E-state index < -0.39 is 6.10 Å². The maximum atomic E-state index is 12.3. The third-order valence-corrected chi connectivity index (χ3v) is 4.13. The van der Waals surface area contributed by atoms with Gasteiger partial charge in [-0.05, 0) is 37.3 Å². The number of carbonyl (C=O) groups is 1. The van der Waals surface area contributed by atoms with Crippen LogP contribution in [0, 0.1) is 12.8 Å². The smallest absolute Gasteiger partial charge is 0.261 e. The number of benzene rings is 1. The number of amides is 1. The summed E-state index contributed by atoms with van der Waals surface area (Å²) in [6.07, 6.45) is 4.98. The molecule has 1 aromatic carbocycles. The molecule has 1 N–H and O–H groups in total. The molecule has 3 heteroatoms. The van der Waals surface area contributed by atoms with Crippen LogP contribution in [0.1, 0.15) is 58.4 Å². The van der Waals surface area contributed by atoms with Gasteiger partial charge in [0, 0.05) is 6.54 Å². The Kier molecular flexibility index (Phi) is 8.64. The number of hydrogen-bond donors (Lipinski definition) is 1. The molecule has 0 unspecified atom stereocenters. The van der Waals surface area contributed by atoms with Crippen molar-refractivity contribution in [2.24, 2.45) is 5.92 Å². The zero-order valence-corrected chi connectivity index (χ0v) is 14.5. The summed E-state index contributed by atoms with van der Waals surface area (Å²) in [4.78, 5) is 12.3. The number of carbonyl (C=O) groups excluding carboxylic acids is 1. The molecule has 0 bridgehead atoms. The number of rotatable bonds is 10. The molecule has 1 rings (SSSR count). The van der Waals surface area contributed by atoms with Crippen molar-refractivity contribution in [2.45, 2.75) is 65.9 Å². The first kappa shape index (κ1) is 18.5. The van der Waals surface area contributed by atoms with Gasteiger partial charge in [-0.1, -0.05) is 58.2 Å². The quantitative estimate of drug-likeness (QED) is 0.692. The number of para-hydroxylation sites is 1. The molecule has 22 heavy (non-hydrogen) atoms. The second-order valence-corrected chi connectivity index (χ2v) is 5.94. The highest BCUT2D eigenvalue weighted by molar-refractivity contribution is 5.81. The lowest BCUT2D eigenvalue weighted by Crippen LogP contribution is -2.40. The Hall–Kier alpha value is -1.51. The summed E-state index contributed by atoms with van der Waals surface area (Å²) in [7, 11) is 0. The summed E-state index contributed by atoms with van der Waals surface area (Å²) in [5, 5.41) is 3.07. The average molecular weight is 305 g/mol. The van der Waals surface area contributed by atoms with Gasteiger partial charge in [0.15, 0.2) is 6.10 Å². The number of aryl methyl sites for hydroxylation is 1. The fourth-order valence-electron chi connectivity index (χ4n) is 2.47. The van der Waals surface area contributed by atoms with Gasteiger partial charge in [-0.2, -0.15) is 0 Å². The van der Waals surface area contributed by atoms with Gasteiger partial charge in [0.05, 0.1) is 0 Å². The van der Waals surface area contributed by atoms with Crippen molar-refractivity contribution < 1.29 is 9.53 Å². The highest BCUT2D eigenvalue weighted by Gasteiger charge is 2.19. The second kappa shape index (κ2) is 10.3. The molecular weight excluding hydrogens is 274 g/mol. The summed E-state index contributed by atoms with van der Waals surface area (Å²) >= 11 is 0. The monoisotopic (exact) mass is 305 g/mol. The minimum atomic E-state index is -0.412. The fraction of sp³-hybridized carbons (Fsp3) is 0.632. The lowest BCUT2D eigenvalue weighted by molar-refractivity contribution is -0.128. The lowest BCUT2D eigenvalue weighted by Gasteiger charge is -2.21. The minimum absolute atomic E-state index is 0.000650. The van der Waals surface area contributed by atoms with Crippen molar-refractivity contribution in [3.8, 4) is 5.75 Å². The predicted molar refractivity (Wildman–Crippen MR) is 92.2 cm³/mol. The topological polar surface area (TPSA) is 38.3 Å². The summed E-state index contributed by atoms with van der Waals surface area (Å²) in [6.45, 7) is 9.12. The third kappa shape index (κ3) is 6.08. The van der Waals surface area contributed by atoms with E-state index in [0.29, 0.717) is 12.3 Å². The number of ether oxygens (including phenoxy) is 1. The second-order valence-electron chi connectivity index (χ2n) is 5.94. The molecule has 0 aliphatic rings. The van der Waals surface area contributed by atoms with E-state index in [1.54, 1.807) is 0 Å². The fourth-order valence-corrected chi connectivity index (χ4v) is 2.47. The molecule has 1 amide bonds. The standard InChI is InChI=1S/C19H31NO2/c1-5-8-12-16(6-2)14-20-19(21)17(7-3)22-18-13-10-9-11-15(18)4/h9-11,13,16-17H,5-8,12,14H2,1-4H3,(H,20,21)/t16-,17+/m1/s1. The van der Waals surface area contributed by atoms with E-state index in [4.69, 9.17) is 4.74 Å². The maximum Gasteiger partial charge on any atom is 0.261 e. The average Bonchev–Trinajstić information content (AvgIpc) is 2.54. The molecule has 0 aromatic heterocycles. The molecule has 124 valence electrons. The number of nitrogens with one attached hydrogen (secondary N) is 1. The predicted octanol–water partition coefficient (Wildman–Crippen LogP) is 4.49. The Morgan fingerprint density at radius 2 is 1.91 bits per heavy atom. The van der Waals surface area contributed by atoms with Crippen LogP contribution in [0.4, 0.5) is 0 Å². The third-order valence-electron chi connectivity index (χ3n) is 4.13. The first-order valence-corrected chi connectivity index (χ1v) is 8.62. The molecule has 0 fully saturated rings. The van der Waals surface area contributed by atoms with Gasteiger partial charge >= 0.3 is 0 Å². The maximum absolute atomic E-state index is 12.3. The summed E-state index contributed by atoms with van der Waals surface area (Å²) in [5.41, 5.74) is 1.06. The molecule has 0 aliphatic carbocycles. The van der Waals surface area contributed by atoms with Crippen LogP contribution in [0.15, 0.2) is 24.3 Å². The molecule has 1 aromatic rings. The molecule has 2 atom stereocenters. The normalized spacial score (nSPS) is 13.5. The molecule has 0 saturated heterocycles. The van der Waals surface area contributed by atoms with Gasteiger partial charge in [-0.15, -0.1) is 0 Å². The van der Waals surface area contributed by atoms with Crippen molar-refractivity contribution >= 4 is 5.91 Å². The van der Waals surface area contributed by atoms with Crippen LogP contribution in [0.2, 0.25) is 0 Å². The van der Waals surface area contributed by atoms with E-state index in [1.807, 2.05) is 38.1 Å². The van der Waals surface area contributed by atoms with Crippen LogP contribution in [0.25, 0.3) is 0 Å². The number of unbranched alkanes of at least 4 members (excludes halogenated alkanes) is 1. The lowest BCUT2D eigenvalue weighted by atomic mass is 9.99. The summed E-state index contributed by atoms with van der Waals surface area (Å²) in [5.74, 6) is 1.36. The van der Waals surface area contributed by atoms with Crippen LogP contribution < -0.4 is 10.1 Å². The van der Waals surface area contributed by atoms with E-state index in [1.165, 1.54) is 19.3 Å². The van der Waals surface area contributed by atoms with Gasteiger partial charge in [0.2, 0.25) is 0 Å². The van der Waals surface area contributed by atoms with Crippen LogP contribution in [-0.2, 0) is 4.79 Å². The Balaban J connectivity index is 2.52. The Labute approximate surface area is 135 Å². The van der Waals surface area contributed by atoms with Crippen molar-refractivity contribution in [1.29, 1.82) is 0 Å². The van der Waals surface area contributed by atoms with Crippen LogP contribution in [0.5, 0.6) is 5.75 Å². The van der Waals surface area contributed by atoms with E-state index in [9.17, 15) is 4.79 Å². The zero-order valence-electron chi connectivity index (χ0n) is 14.5. The Morgan fingerprint density at radius 1 is 1.18 bits per heavy atom. The molecule has 0 aliphatic heterocycles. The van der Waals surface area contributed by atoms with Crippen LogP contribution in [0.3, 0.4) is 0 Å². The van der Waals surface area contributed by atoms with Crippen LogP contribution >= 0.6 is 0 Å². The van der Waals surface area contributed by atoms with Gasteiger partial charge < -0.3 is 10.1 Å². The summed E-state index contributed by atoms with van der Waals surface area (Å²) in [6, 6.07) is 7.83. The number of hydrogen-bond acceptors (Lipinski definition) is 2. The Morgan fingerprint density at radius 3 is 2.50 bits per heavy atom. The minimum Gasteiger partial charge on any atom is -0.480 e. The first-order valence-electron chi connectivity index (χ1n) is 8.62. The molecule has 3 nitrogen and oxygen atoms in total. The van der Waals surface area contributed by atoms with Crippen molar-refractivity contribution in [3.05, 3.63) is 29.8 Å². The first-order chi connectivity index (χ1) is 10.6. The molecule has 0 saturated carbocycles.